The van der Waals surface area contributed by atoms with E-state index >= 15 is 0 Å². The monoisotopic (exact) mass is 289 g/mol. The Morgan fingerprint density at radius 3 is 2.52 bits per heavy atom. The van der Waals surface area contributed by atoms with E-state index in [1.165, 1.54) is 0 Å². The van der Waals surface area contributed by atoms with E-state index in [1.807, 2.05) is 50.8 Å². The number of ether oxygens (including phenoxy) is 1. The fraction of sp³-hybridized carbons (Fsp3) is 0.625. The van der Waals surface area contributed by atoms with Gasteiger partial charge in [0.25, 0.3) is 0 Å². The third-order valence-electron chi connectivity index (χ3n) is 4.00. The molecule has 5 nitrogen and oxygen atoms in total. The summed E-state index contributed by atoms with van der Waals surface area (Å²) in [5, 5.41) is 0. The number of pyridine rings is 1. The first-order valence-electron chi connectivity index (χ1n) is 7.53. The Morgan fingerprint density at radius 2 is 1.95 bits per heavy atom. The molecule has 4 rings (SSSR count). The zero-order valence-corrected chi connectivity index (χ0v) is 13.2. The summed E-state index contributed by atoms with van der Waals surface area (Å²) in [5.41, 5.74) is 0.592. The Labute approximate surface area is 125 Å². The molecule has 4 heterocycles. The number of rotatable bonds is 1. The van der Waals surface area contributed by atoms with Gasteiger partial charge in [0, 0.05) is 18.8 Å². The quantitative estimate of drug-likeness (QED) is 0.797. The predicted molar refractivity (Wildman–Crippen MR) is 81.5 cm³/mol. The van der Waals surface area contributed by atoms with Gasteiger partial charge < -0.3 is 9.64 Å². The van der Waals surface area contributed by atoms with E-state index in [0.29, 0.717) is 0 Å². The molecule has 0 aliphatic carbocycles. The molecule has 3 aliphatic heterocycles. The van der Waals surface area contributed by atoms with Crippen molar-refractivity contribution in [3.8, 4) is 0 Å². The zero-order chi connectivity index (χ0) is 15.2. The molecule has 3 aliphatic rings. The minimum absolute atomic E-state index is 0.180. The molecule has 114 valence electrons. The smallest absolute Gasteiger partial charge is 0.410 e. The van der Waals surface area contributed by atoms with Crippen LogP contribution in [0.2, 0.25) is 0 Å². The lowest BCUT2D eigenvalue weighted by Gasteiger charge is -2.56. The number of hydrogen-bond donors (Lipinski definition) is 0. The van der Waals surface area contributed by atoms with E-state index in [1.54, 1.807) is 0 Å². The van der Waals surface area contributed by atoms with Gasteiger partial charge >= 0.3 is 6.09 Å². The van der Waals surface area contributed by atoms with Gasteiger partial charge in [0.05, 0.1) is 12.1 Å². The first-order chi connectivity index (χ1) is 9.83. The maximum atomic E-state index is 12.2. The first kappa shape index (κ1) is 14.2. The summed E-state index contributed by atoms with van der Waals surface area (Å²) in [5.74, 6) is 1.01. The summed E-state index contributed by atoms with van der Waals surface area (Å²) in [6, 6.07) is 6.57. The number of carbonyl (C=O) groups is 1. The Morgan fingerprint density at radius 1 is 1.29 bits per heavy atom. The Hall–Kier alpha value is -1.78. The van der Waals surface area contributed by atoms with Gasteiger partial charge in [0.2, 0.25) is 0 Å². The molecular weight excluding hydrogens is 266 g/mol. The second-order valence-electron chi connectivity index (χ2n) is 6.97. The van der Waals surface area contributed by atoms with Crippen LogP contribution in [0.5, 0.6) is 0 Å². The van der Waals surface area contributed by atoms with Gasteiger partial charge in [-0.15, -0.1) is 0 Å². The molecule has 0 radical (unpaired) electrons. The second-order valence-corrected chi connectivity index (χ2v) is 6.97. The lowest BCUT2D eigenvalue weighted by atomic mass is 9.88. The first-order valence-corrected chi connectivity index (χ1v) is 7.53. The Bertz CT molecular complexity index is 541. The van der Waals surface area contributed by atoms with Crippen LogP contribution in [0.4, 0.5) is 10.6 Å². The number of amides is 1. The van der Waals surface area contributed by atoms with Gasteiger partial charge in [-0.3, -0.25) is 4.90 Å². The highest BCUT2D eigenvalue weighted by atomic mass is 16.6. The van der Waals surface area contributed by atoms with Gasteiger partial charge in [0.1, 0.15) is 11.4 Å². The topological polar surface area (TPSA) is 45.7 Å². The van der Waals surface area contributed by atoms with Crippen LogP contribution in [0.3, 0.4) is 0 Å². The van der Waals surface area contributed by atoms with Gasteiger partial charge in [-0.2, -0.15) is 0 Å². The molecule has 0 N–H and O–H groups in total. The maximum Gasteiger partial charge on any atom is 0.410 e. The van der Waals surface area contributed by atoms with Crippen LogP contribution in [-0.4, -0.2) is 46.8 Å². The summed E-state index contributed by atoms with van der Waals surface area (Å²) >= 11 is 0. The summed E-state index contributed by atoms with van der Waals surface area (Å²) in [6.45, 7) is 9.40. The van der Waals surface area contributed by atoms with Gasteiger partial charge in [0.15, 0.2) is 0 Å². The number of piperidine rings is 1. The number of nitrogens with zero attached hydrogens (tertiary/aromatic N) is 3. The predicted octanol–water partition coefficient (Wildman–Crippen LogP) is 2.59. The summed E-state index contributed by atoms with van der Waals surface area (Å²) in [4.78, 5) is 21.0. The minimum atomic E-state index is -0.432. The van der Waals surface area contributed by atoms with E-state index in [-0.39, 0.29) is 18.2 Å². The molecule has 1 amide bonds. The molecule has 0 saturated carbocycles. The van der Waals surface area contributed by atoms with Gasteiger partial charge in [-0.25, -0.2) is 9.78 Å². The number of aryl methyl sites for hydroxylation is 1. The van der Waals surface area contributed by atoms with Crippen LogP contribution >= 0.6 is 0 Å². The molecule has 1 aromatic heterocycles. The molecular formula is C16H23N3O2. The van der Waals surface area contributed by atoms with Crippen LogP contribution in [0.25, 0.3) is 0 Å². The number of carbonyl (C=O) groups excluding carboxylic acids is 1. The van der Waals surface area contributed by atoms with Crippen LogP contribution in [0.15, 0.2) is 18.2 Å². The second kappa shape index (κ2) is 4.90. The van der Waals surface area contributed by atoms with Crippen LogP contribution in [0, 0.1) is 6.92 Å². The highest BCUT2D eigenvalue weighted by Crippen LogP contribution is 2.35. The number of hydrogen-bond acceptors (Lipinski definition) is 4. The average Bonchev–Trinajstić information content (AvgIpc) is 2.36. The van der Waals surface area contributed by atoms with E-state index < -0.39 is 5.60 Å². The highest BCUT2D eigenvalue weighted by molar-refractivity contribution is 5.71. The molecule has 3 fully saturated rings. The molecule has 5 heteroatoms. The minimum Gasteiger partial charge on any atom is -0.444 e. The summed E-state index contributed by atoms with van der Waals surface area (Å²) < 4.78 is 5.49. The Balaban J connectivity index is 1.66. The van der Waals surface area contributed by atoms with E-state index in [2.05, 4.69) is 9.88 Å². The molecule has 3 saturated heterocycles. The van der Waals surface area contributed by atoms with E-state index in [4.69, 9.17) is 4.74 Å². The number of fused-ring (bicyclic) bond motifs is 2. The van der Waals surface area contributed by atoms with Crippen molar-refractivity contribution in [2.75, 3.05) is 18.0 Å². The number of piperazine rings is 1. The molecule has 2 bridgehead atoms. The normalized spacial score (nSPS) is 24.6. The van der Waals surface area contributed by atoms with Crippen molar-refractivity contribution < 1.29 is 9.53 Å². The maximum absolute atomic E-state index is 12.2. The van der Waals surface area contributed by atoms with Crippen molar-refractivity contribution in [3.63, 3.8) is 0 Å². The molecule has 0 aromatic carbocycles. The molecule has 21 heavy (non-hydrogen) atoms. The SMILES string of the molecule is Cc1cccc(N2CC3CC(C2)N3C(=O)OC(C)(C)C)n1. The van der Waals surface area contributed by atoms with Crippen molar-refractivity contribution in [1.29, 1.82) is 0 Å². The molecule has 2 atom stereocenters. The standard InChI is InChI=1S/C16H23N3O2/c1-11-6-5-7-14(17-11)18-9-12-8-13(10-18)19(12)15(20)21-16(2,3)4/h5-7,12-13H,8-10H2,1-4H3. The van der Waals surface area contributed by atoms with Crippen molar-refractivity contribution in [2.45, 2.75) is 51.8 Å². The molecule has 1 aromatic rings. The highest BCUT2D eigenvalue weighted by Gasteiger charge is 2.49. The van der Waals surface area contributed by atoms with Crippen molar-refractivity contribution in [3.05, 3.63) is 23.9 Å². The molecule has 0 spiro atoms. The average molecular weight is 289 g/mol. The van der Waals surface area contributed by atoms with Gasteiger partial charge in [-0.05, 0) is 46.2 Å². The number of aromatic nitrogens is 1. The Kier molecular flexibility index (Phi) is 3.30. The van der Waals surface area contributed by atoms with Crippen molar-refractivity contribution in [2.24, 2.45) is 0 Å². The summed E-state index contributed by atoms with van der Waals surface area (Å²) in [6.07, 6.45) is 0.891. The summed E-state index contributed by atoms with van der Waals surface area (Å²) in [7, 11) is 0. The van der Waals surface area contributed by atoms with Crippen LogP contribution < -0.4 is 4.90 Å². The third kappa shape index (κ3) is 2.82. The third-order valence-corrected chi connectivity index (χ3v) is 4.00. The fourth-order valence-electron chi connectivity index (χ4n) is 3.11. The van der Waals surface area contributed by atoms with Crippen molar-refractivity contribution in [1.82, 2.24) is 9.88 Å². The van der Waals surface area contributed by atoms with E-state index in [9.17, 15) is 4.79 Å². The zero-order valence-electron chi connectivity index (χ0n) is 13.2. The van der Waals surface area contributed by atoms with Crippen LogP contribution in [-0.2, 0) is 4.74 Å². The fourth-order valence-corrected chi connectivity index (χ4v) is 3.11. The van der Waals surface area contributed by atoms with Crippen molar-refractivity contribution >= 4 is 11.9 Å². The molecule has 2 unspecified atom stereocenters. The van der Waals surface area contributed by atoms with Gasteiger partial charge in [-0.1, -0.05) is 6.07 Å². The largest absolute Gasteiger partial charge is 0.444 e. The number of anilines is 1. The van der Waals surface area contributed by atoms with E-state index in [0.717, 1.165) is 31.0 Å². The van der Waals surface area contributed by atoms with Crippen LogP contribution in [0.1, 0.15) is 32.9 Å². The lowest BCUT2D eigenvalue weighted by molar-refractivity contribution is -0.0380. The lowest BCUT2D eigenvalue weighted by Crippen LogP contribution is -2.70.